The highest BCUT2D eigenvalue weighted by atomic mass is 16.1. The third kappa shape index (κ3) is 1.90. The van der Waals surface area contributed by atoms with Gasteiger partial charge >= 0.3 is 0 Å². The van der Waals surface area contributed by atoms with E-state index in [1.807, 2.05) is 37.3 Å². The summed E-state index contributed by atoms with van der Waals surface area (Å²) < 4.78 is 0. The normalized spacial score (nSPS) is 12.5. The van der Waals surface area contributed by atoms with E-state index in [-0.39, 0.29) is 5.92 Å². The smallest absolute Gasteiger partial charge is 0.127 e. The molecule has 0 fully saturated rings. The number of carbonyl (C=O) groups excluding carboxylic acids is 1. The van der Waals surface area contributed by atoms with Crippen molar-refractivity contribution >= 4 is 6.29 Å². The van der Waals surface area contributed by atoms with Crippen LogP contribution in [0.2, 0.25) is 0 Å². The summed E-state index contributed by atoms with van der Waals surface area (Å²) in [5.41, 5.74) is 1.12. The van der Waals surface area contributed by atoms with Crippen LogP contribution in [0.4, 0.5) is 0 Å². The predicted octanol–water partition coefficient (Wildman–Crippen LogP) is 2.38. The molecular weight excluding hydrogens is 136 g/mol. The van der Waals surface area contributed by atoms with Gasteiger partial charge in [-0.25, -0.2) is 0 Å². The zero-order valence-corrected chi connectivity index (χ0v) is 6.66. The van der Waals surface area contributed by atoms with Crippen molar-refractivity contribution < 1.29 is 4.79 Å². The van der Waals surface area contributed by atoms with Crippen molar-refractivity contribution in [1.82, 2.24) is 0 Å². The Morgan fingerprint density at radius 2 is 2.00 bits per heavy atom. The van der Waals surface area contributed by atoms with E-state index in [4.69, 9.17) is 0 Å². The molecule has 1 aromatic carbocycles. The van der Waals surface area contributed by atoms with Crippen molar-refractivity contribution in [3.05, 3.63) is 35.9 Å². The Labute approximate surface area is 67.1 Å². The van der Waals surface area contributed by atoms with Gasteiger partial charge in [-0.3, -0.25) is 0 Å². The summed E-state index contributed by atoms with van der Waals surface area (Å²) in [6.07, 6.45) is 1.89. The minimum atomic E-state index is 0.0798. The van der Waals surface area contributed by atoms with E-state index >= 15 is 0 Å². The number of aldehydes is 1. The molecule has 0 N–H and O–H groups in total. The molecule has 0 aliphatic carbocycles. The maximum atomic E-state index is 10.5. The summed E-state index contributed by atoms with van der Waals surface area (Å²) in [7, 11) is 0. The van der Waals surface area contributed by atoms with Crippen LogP contribution < -0.4 is 0 Å². The fourth-order valence-electron chi connectivity index (χ4n) is 1.11. The van der Waals surface area contributed by atoms with Gasteiger partial charge in [0.1, 0.15) is 6.29 Å². The molecule has 11 heavy (non-hydrogen) atoms. The fraction of sp³-hybridized carbons (Fsp3) is 0.300. The summed E-state index contributed by atoms with van der Waals surface area (Å²) in [6.45, 7) is 2.02. The number of hydrogen-bond acceptors (Lipinski definition) is 1. The minimum absolute atomic E-state index is 0.0798. The molecule has 0 heterocycles. The van der Waals surface area contributed by atoms with Gasteiger partial charge in [0.2, 0.25) is 0 Å². The Balaban J connectivity index is 2.82. The van der Waals surface area contributed by atoms with Crippen molar-refractivity contribution in [2.45, 2.75) is 19.3 Å². The van der Waals surface area contributed by atoms with Crippen molar-refractivity contribution in [2.75, 3.05) is 0 Å². The van der Waals surface area contributed by atoms with Crippen LogP contribution in [0.15, 0.2) is 30.3 Å². The number of hydrogen-bond donors (Lipinski definition) is 0. The van der Waals surface area contributed by atoms with Gasteiger partial charge in [0.15, 0.2) is 0 Å². The SMILES string of the molecule is CC[C@H](C=O)c1ccccc1. The summed E-state index contributed by atoms with van der Waals surface area (Å²) in [6, 6.07) is 9.86. The number of benzene rings is 1. The van der Waals surface area contributed by atoms with Crippen LogP contribution in [0, 0.1) is 0 Å². The lowest BCUT2D eigenvalue weighted by Gasteiger charge is -2.05. The molecule has 0 amide bonds. The number of carbonyl (C=O) groups is 1. The molecule has 0 aliphatic heterocycles. The molecule has 0 bridgehead atoms. The third-order valence-corrected chi connectivity index (χ3v) is 1.83. The Morgan fingerprint density at radius 1 is 1.36 bits per heavy atom. The van der Waals surface area contributed by atoms with Crippen LogP contribution in [0.25, 0.3) is 0 Å². The van der Waals surface area contributed by atoms with Gasteiger partial charge in [-0.05, 0) is 12.0 Å². The monoisotopic (exact) mass is 148 g/mol. The summed E-state index contributed by atoms with van der Waals surface area (Å²) in [5, 5.41) is 0. The maximum Gasteiger partial charge on any atom is 0.127 e. The Hall–Kier alpha value is -1.11. The van der Waals surface area contributed by atoms with Gasteiger partial charge in [-0.15, -0.1) is 0 Å². The van der Waals surface area contributed by atoms with Crippen LogP contribution >= 0.6 is 0 Å². The Bertz CT molecular complexity index is 216. The summed E-state index contributed by atoms with van der Waals surface area (Å²) in [5.74, 6) is 0.0798. The minimum Gasteiger partial charge on any atom is -0.303 e. The van der Waals surface area contributed by atoms with Crippen molar-refractivity contribution in [1.29, 1.82) is 0 Å². The lowest BCUT2D eigenvalue weighted by molar-refractivity contribution is -0.109. The maximum absolute atomic E-state index is 10.5. The first kappa shape index (κ1) is 7.99. The first-order valence-corrected chi connectivity index (χ1v) is 3.88. The van der Waals surface area contributed by atoms with E-state index in [2.05, 4.69) is 0 Å². The van der Waals surface area contributed by atoms with Crippen molar-refractivity contribution in [3.63, 3.8) is 0 Å². The molecule has 1 aromatic rings. The van der Waals surface area contributed by atoms with Gasteiger partial charge < -0.3 is 4.79 Å². The van der Waals surface area contributed by atoms with Crippen LogP contribution in [0.5, 0.6) is 0 Å². The largest absolute Gasteiger partial charge is 0.303 e. The average molecular weight is 148 g/mol. The predicted molar refractivity (Wildman–Crippen MR) is 45.5 cm³/mol. The second kappa shape index (κ2) is 3.91. The Kier molecular flexibility index (Phi) is 2.84. The molecule has 0 radical (unpaired) electrons. The molecular formula is C10H12O. The molecule has 0 aliphatic rings. The third-order valence-electron chi connectivity index (χ3n) is 1.83. The van der Waals surface area contributed by atoms with Gasteiger partial charge in [0.05, 0.1) is 0 Å². The van der Waals surface area contributed by atoms with E-state index in [1.54, 1.807) is 0 Å². The molecule has 0 spiro atoms. The Morgan fingerprint density at radius 3 is 2.45 bits per heavy atom. The van der Waals surface area contributed by atoms with Gasteiger partial charge in [-0.1, -0.05) is 37.3 Å². The fourth-order valence-corrected chi connectivity index (χ4v) is 1.11. The van der Waals surface area contributed by atoms with E-state index in [1.165, 1.54) is 0 Å². The lowest BCUT2D eigenvalue weighted by atomic mass is 9.98. The standard InChI is InChI=1S/C10H12O/c1-2-9(8-11)10-6-4-3-5-7-10/h3-9H,2H2,1H3/t9-/m1/s1. The topological polar surface area (TPSA) is 17.1 Å². The van der Waals surface area contributed by atoms with Crippen LogP contribution in [0.1, 0.15) is 24.8 Å². The molecule has 1 nitrogen and oxygen atoms in total. The second-order valence-electron chi connectivity index (χ2n) is 2.56. The lowest BCUT2D eigenvalue weighted by Crippen LogP contribution is -1.96. The second-order valence-corrected chi connectivity index (χ2v) is 2.56. The first-order chi connectivity index (χ1) is 5.38. The first-order valence-electron chi connectivity index (χ1n) is 3.88. The summed E-state index contributed by atoms with van der Waals surface area (Å²) in [4.78, 5) is 10.5. The highest BCUT2D eigenvalue weighted by Gasteiger charge is 2.04. The van der Waals surface area contributed by atoms with Crippen LogP contribution in [0.3, 0.4) is 0 Å². The number of rotatable bonds is 3. The summed E-state index contributed by atoms with van der Waals surface area (Å²) >= 11 is 0. The van der Waals surface area contributed by atoms with Crippen molar-refractivity contribution in [3.8, 4) is 0 Å². The van der Waals surface area contributed by atoms with Crippen LogP contribution in [-0.2, 0) is 4.79 Å². The molecule has 0 unspecified atom stereocenters. The van der Waals surface area contributed by atoms with E-state index < -0.39 is 0 Å². The van der Waals surface area contributed by atoms with Crippen LogP contribution in [-0.4, -0.2) is 6.29 Å². The molecule has 0 saturated heterocycles. The highest BCUT2D eigenvalue weighted by molar-refractivity contribution is 5.61. The molecule has 58 valence electrons. The molecule has 0 saturated carbocycles. The van der Waals surface area contributed by atoms with Gasteiger partial charge in [-0.2, -0.15) is 0 Å². The van der Waals surface area contributed by atoms with E-state index in [0.29, 0.717) is 0 Å². The molecule has 0 aromatic heterocycles. The highest BCUT2D eigenvalue weighted by Crippen LogP contribution is 2.15. The van der Waals surface area contributed by atoms with E-state index in [0.717, 1.165) is 18.3 Å². The zero-order valence-electron chi connectivity index (χ0n) is 6.66. The molecule has 1 atom stereocenters. The van der Waals surface area contributed by atoms with Gasteiger partial charge in [0, 0.05) is 5.92 Å². The van der Waals surface area contributed by atoms with E-state index in [9.17, 15) is 4.79 Å². The van der Waals surface area contributed by atoms with Crippen molar-refractivity contribution in [2.24, 2.45) is 0 Å². The molecule has 1 rings (SSSR count). The quantitative estimate of drug-likeness (QED) is 0.601. The molecule has 1 heteroatoms. The zero-order chi connectivity index (χ0) is 8.10. The average Bonchev–Trinajstić information content (AvgIpc) is 2.09. The van der Waals surface area contributed by atoms with Gasteiger partial charge in [0.25, 0.3) is 0 Å².